The Labute approximate surface area is 125 Å². The van der Waals surface area contributed by atoms with Gasteiger partial charge in [-0.15, -0.1) is 11.3 Å². The maximum Gasteiger partial charge on any atom is 0.0597 e. The van der Waals surface area contributed by atoms with E-state index >= 15 is 0 Å². The zero-order chi connectivity index (χ0) is 14.5. The summed E-state index contributed by atoms with van der Waals surface area (Å²) in [7, 11) is 3.76. The third-order valence-corrected chi connectivity index (χ3v) is 4.44. The van der Waals surface area contributed by atoms with Crippen LogP contribution in [0.15, 0.2) is 17.5 Å². The second-order valence-corrected chi connectivity index (χ2v) is 6.13. The lowest BCUT2D eigenvalue weighted by molar-refractivity contribution is 0.139. The number of aryl methyl sites for hydroxylation is 3. The van der Waals surface area contributed by atoms with Crippen LogP contribution in [0.5, 0.6) is 0 Å². The smallest absolute Gasteiger partial charge is 0.0597 e. The van der Waals surface area contributed by atoms with Gasteiger partial charge in [-0.2, -0.15) is 5.10 Å². The van der Waals surface area contributed by atoms with Gasteiger partial charge in [-0.05, 0) is 36.9 Å². The summed E-state index contributed by atoms with van der Waals surface area (Å²) in [4.78, 5) is 3.85. The number of aromatic nitrogens is 2. The first-order chi connectivity index (χ1) is 9.60. The normalized spacial score (nSPS) is 11.4. The Morgan fingerprint density at radius 1 is 1.35 bits per heavy atom. The molecule has 0 radical (unpaired) electrons. The highest BCUT2D eigenvalue weighted by Crippen LogP contribution is 2.19. The van der Waals surface area contributed by atoms with Crippen molar-refractivity contribution in [2.24, 2.45) is 7.05 Å². The first kappa shape index (κ1) is 15.2. The lowest BCUT2D eigenvalue weighted by Gasteiger charge is -2.21. The molecule has 0 spiro atoms. The molecule has 110 valence electrons. The highest BCUT2D eigenvalue weighted by Gasteiger charge is 2.12. The van der Waals surface area contributed by atoms with Crippen LogP contribution in [0.4, 0.5) is 0 Å². The predicted octanol–water partition coefficient (Wildman–Crippen LogP) is 2.75. The summed E-state index contributed by atoms with van der Waals surface area (Å²) < 4.78 is 7.20. The zero-order valence-electron chi connectivity index (χ0n) is 12.7. The summed E-state index contributed by atoms with van der Waals surface area (Å²) >= 11 is 1.83. The molecule has 2 rings (SSSR count). The number of thiophene rings is 1. The second kappa shape index (κ2) is 7.02. The minimum atomic E-state index is 0.751. The molecule has 0 fully saturated rings. The lowest BCUT2D eigenvalue weighted by atomic mass is 10.2. The summed E-state index contributed by atoms with van der Waals surface area (Å²) in [6.45, 7) is 7.76. The first-order valence-electron chi connectivity index (χ1n) is 6.84. The maximum absolute atomic E-state index is 5.23. The Bertz CT molecular complexity index is 547. The molecule has 20 heavy (non-hydrogen) atoms. The second-order valence-electron chi connectivity index (χ2n) is 5.13. The van der Waals surface area contributed by atoms with E-state index in [0.29, 0.717) is 0 Å². The van der Waals surface area contributed by atoms with E-state index in [-0.39, 0.29) is 0 Å². The van der Waals surface area contributed by atoms with Gasteiger partial charge in [-0.1, -0.05) is 0 Å². The molecular weight excluding hydrogens is 270 g/mol. The summed E-state index contributed by atoms with van der Waals surface area (Å²) in [5, 5.41) is 6.58. The van der Waals surface area contributed by atoms with Crippen molar-refractivity contribution in [1.29, 1.82) is 0 Å². The standard InChI is InChI=1S/C15H23N3OS/c1-12-5-8-20-15(12)11-18(6-7-19-4)10-14-9-13(2)16-17(14)3/h5,8-9H,6-7,10-11H2,1-4H3. The van der Waals surface area contributed by atoms with Crippen LogP contribution in [0.2, 0.25) is 0 Å². The van der Waals surface area contributed by atoms with Gasteiger partial charge in [0.25, 0.3) is 0 Å². The molecule has 0 N–H and O–H groups in total. The molecule has 0 atom stereocenters. The fourth-order valence-corrected chi connectivity index (χ4v) is 3.19. The van der Waals surface area contributed by atoms with Crippen molar-refractivity contribution >= 4 is 11.3 Å². The number of hydrogen-bond acceptors (Lipinski definition) is 4. The van der Waals surface area contributed by atoms with Gasteiger partial charge in [-0.3, -0.25) is 9.58 Å². The van der Waals surface area contributed by atoms with Crippen molar-refractivity contribution in [3.05, 3.63) is 39.3 Å². The SMILES string of the molecule is COCCN(Cc1sccc1C)Cc1cc(C)nn1C. The van der Waals surface area contributed by atoms with Crippen LogP contribution in [-0.4, -0.2) is 34.9 Å². The molecule has 0 saturated heterocycles. The molecule has 0 aliphatic carbocycles. The van der Waals surface area contributed by atoms with Gasteiger partial charge in [0.15, 0.2) is 0 Å². The van der Waals surface area contributed by atoms with Crippen LogP contribution in [0.3, 0.4) is 0 Å². The van der Waals surface area contributed by atoms with Gasteiger partial charge in [0.2, 0.25) is 0 Å². The fraction of sp³-hybridized carbons (Fsp3) is 0.533. The van der Waals surface area contributed by atoms with Gasteiger partial charge in [-0.25, -0.2) is 0 Å². The predicted molar refractivity (Wildman–Crippen MR) is 83.0 cm³/mol. The average Bonchev–Trinajstić information content (AvgIpc) is 2.93. The van der Waals surface area contributed by atoms with E-state index in [2.05, 4.69) is 34.4 Å². The fourth-order valence-electron chi connectivity index (χ4n) is 2.24. The molecule has 0 bridgehead atoms. The molecule has 0 aliphatic heterocycles. The van der Waals surface area contributed by atoms with E-state index in [1.807, 2.05) is 30.0 Å². The van der Waals surface area contributed by atoms with E-state index in [4.69, 9.17) is 4.74 Å². The highest BCUT2D eigenvalue weighted by molar-refractivity contribution is 7.10. The third-order valence-electron chi connectivity index (χ3n) is 3.43. The molecule has 0 aromatic carbocycles. The molecule has 0 unspecified atom stereocenters. The summed E-state index contributed by atoms with van der Waals surface area (Å²) in [6.07, 6.45) is 0. The number of nitrogens with zero attached hydrogens (tertiary/aromatic N) is 3. The maximum atomic E-state index is 5.23. The van der Waals surface area contributed by atoms with Crippen molar-refractivity contribution in [3.63, 3.8) is 0 Å². The Balaban J connectivity index is 2.07. The van der Waals surface area contributed by atoms with Crippen LogP contribution < -0.4 is 0 Å². The molecule has 4 nitrogen and oxygen atoms in total. The quantitative estimate of drug-likeness (QED) is 0.786. The molecule has 5 heteroatoms. The molecule has 2 heterocycles. The van der Waals surface area contributed by atoms with Crippen LogP contribution in [0, 0.1) is 13.8 Å². The number of methoxy groups -OCH3 is 1. The van der Waals surface area contributed by atoms with Gasteiger partial charge in [0.1, 0.15) is 0 Å². The number of ether oxygens (including phenoxy) is 1. The van der Waals surface area contributed by atoms with E-state index < -0.39 is 0 Å². The van der Waals surface area contributed by atoms with Crippen LogP contribution in [0.25, 0.3) is 0 Å². The molecular formula is C15H23N3OS. The molecule has 0 amide bonds. The van der Waals surface area contributed by atoms with Gasteiger partial charge >= 0.3 is 0 Å². The van der Waals surface area contributed by atoms with Crippen molar-refractivity contribution in [3.8, 4) is 0 Å². The molecule has 2 aromatic heterocycles. The van der Waals surface area contributed by atoms with Crippen LogP contribution in [-0.2, 0) is 24.9 Å². The Morgan fingerprint density at radius 3 is 2.70 bits per heavy atom. The first-order valence-corrected chi connectivity index (χ1v) is 7.72. The van der Waals surface area contributed by atoms with E-state index in [9.17, 15) is 0 Å². The van der Waals surface area contributed by atoms with Crippen molar-refractivity contribution in [2.45, 2.75) is 26.9 Å². The minimum absolute atomic E-state index is 0.751. The lowest BCUT2D eigenvalue weighted by Crippen LogP contribution is -2.27. The van der Waals surface area contributed by atoms with Gasteiger partial charge in [0.05, 0.1) is 18.0 Å². The Morgan fingerprint density at radius 2 is 2.15 bits per heavy atom. The molecule has 0 aliphatic rings. The zero-order valence-corrected chi connectivity index (χ0v) is 13.5. The molecule has 2 aromatic rings. The van der Waals surface area contributed by atoms with Gasteiger partial charge in [0, 0.05) is 38.7 Å². The highest BCUT2D eigenvalue weighted by atomic mass is 32.1. The monoisotopic (exact) mass is 293 g/mol. The van der Waals surface area contributed by atoms with E-state index in [0.717, 1.165) is 31.9 Å². The average molecular weight is 293 g/mol. The summed E-state index contributed by atoms with van der Waals surface area (Å²) in [5.74, 6) is 0. The van der Waals surface area contributed by atoms with Gasteiger partial charge < -0.3 is 4.74 Å². The number of rotatable bonds is 7. The Hall–Kier alpha value is -1.17. The summed E-state index contributed by atoms with van der Waals surface area (Å²) in [5.41, 5.74) is 3.69. The summed E-state index contributed by atoms with van der Waals surface area (Å²) in [6, 6.07) is 4.34. The van der Waals surface area contributed by atoms with E-state index in [1.165, 1.54) is 16.1 Å². The van der Waals surface area contributed by atoms with Crippen LogP contribution in [0.1, 0.15) is 21.8 Å². The van der Waals surface area contributed by atoms with Crippen molar-refractivity contribution < 1.29 is 4.74 Å². The van der Waals surface area contributed by atoms with E-state index in [1.54, 1.807) is 7.11 Å². The largest absolute Gasteiger partial charge is 0.383 e. The van der Waals surface area contributed by atoms with Crippen molar-refractivity contribution in [1.82, 2.24) is 14.7 Å². The molecule has 0 saturated carbocycles. The Kier molecular flexibility index (Phi) is 5.34. The third kappa shape index (κ3) is 3.91. The number of hydrogen-bond donors (Lipinski definition) is 0. The topological polar surface area (TPSA) is 30.3 Å². The minimum Gasteiger partial charge on any atom is -0.383 e. The van der Waals surface area contributed by atoms with Crippen molar-refractivity contribution in [2.75, 3.05) is 20.3 Å². The van der Waals surface area contributed by atoms with Crippen LogP contribution >= 0.6 is 11.3 Å².